The van der Waals surface area contributed by atoms with Gasteiger partial charge in [0.05, 0.1) is 22.9 Å². The summed E-state index contributed by atoms with van der Waals surface area (Å²) >= 11 is 4.94. The summed E-state index contributed by atoms with van der Waals surface area (Å²) < 4.78 is 7.37. The lowest BCUT2D eigenvalue weighted by Gasteiger charge is -2.16. The first-order chi connectivity index (χ1) is 13.2. The molecule has 2 N–H and O–H groups in total. The minimum Gasteiger partial charge on any atom is -0.407 e. The van der Waals surface area contributed by atoms with Crippen molar-refractivity contribution in [3.8, 4) is 22.5 Å². The van der Waals surface area contributed by atoms with Gasteiger partial charge in [-0.25, -0.2) is 0 Å². The average Bonchev–Trinajstić information content (AvgIpc) is 3.14. The van der Waals surface area contributed by atoms with Crippen molar-refractivity contribution >= 4 is 23.6 Å². The summed E-state index contributed by atoms with van der Waals surface area (Å²) in [5.74, 6) is 5.92. The molecule has 2 aromatic carbocycles. The average molecular weight is 373 g/mol. The van der Waals surface area contributed by atoms with Gasteiger partial charge in [0, 0.05) is 0 Å². The van der Waals surface area contributed by atoms with Crippen LogP contribution >= 0.6 is 12.2 Å². The number of pyridine rings is 1. The van der Waals surface area contributed by atoms with Gasteiger partial charge in [0.1, 0.15) is 0 Å². The molecule has 0 unspecified atom stereocenters. The number of thiocarbonyl (C=S) groups is 1. The van der Waals surface area contributed by atoms with Crippen LogP contribution in [0.4, 0.5) is 0 Å². The number of nitrogens with two attached hydrogens (primary N) is 1. The van der Waals surface area contributed by atoms with Gasteiger partial charge in [-0.2, -0.15) is 5.10 Å². The fraction of sp³-hybridized carbons (Fsp3) is 0. The lowest BCUT2D eigenvalue weighted by molar-refractivity contribution is 0.443. The van der Waals surface area contributed by atoms with Gasteiger partial charge in [0.15, 0.2) is 0 Å². The van der Waals surface area contributed by atoms with Crippen LogP contribution in [0.15, 0.2) is 94.0 Å². The van der Waals surface area contributed by atoms with Gasteiger partial charge >= 0.3 is 5.17 Å². The van der Waals surface area contributed by atoms with Crippen LogP contribution in [0, 0.1) is 0 Å². The standard InChI is InChI=1S/C20H15N5OS/c21-22-16-11-17(14-7-3-1-4-8-14)25(13-19-23-24-20(27)26-19)18(12-16)15-9-5-2-6-10-15/h1-13H,21H2. The maximum atomic E-state index is 5.60. The molecule has 7 heteroatoms. The van der Waals surface area contributed by atoms with E-state index in [4.69, 9.17) is 22.8 Å². The third kappa shape index (κ3) is 3.54. The van der Waals surface area contributed by atoms with E-state index in [-0.39, 0.29) is 5.17 Å². The molecule has 27 heavy (non-hydrogen) atoms. The normalized spacial score (nSPS) is 14.4. The molecule has 0 saturated carbocycles. The maximum absolute atomic E-state index is 5.60. The number of benzene rings is 2. The van der Waals surface area contributed by atoms with E-state index >= 15 is 0 Å². The number of nitrogens with zero attached hydrogens (tertiary/aromatic N) is 4. The number of rotatable bonds is 3. The quantitative estimate of drug-likeness (QED) is 0.426. The van der Waals surface area contributed by atoms with Crippen molar-refractivity contribution in [3.05, 3.63) is 84.0 Å². The van der Waals surface area contributed by atoms with Crippen LogP contribution < -0.4 is 11.2 Å². The number of azo groups is 1. The van der Waals surface area contributed by atoms with Crippen molar-refractivity contribution < 1.29 is 4.74 Å². The van der Waals surface area contributed by atoms with E-state index in [1.54, 1.807) is 6.20 Å². The van der Waals surface area contributed by atoms with E-state index in [0.717, 1.165) is 22.5 Å². The van der Waals surface area contributed by atoms with Crippen LogP contribution in [-0.2, 0) is 4.74 Å². The second-order valence-electron chi connectivity index (χ2n) is 5.75. The Bertz CT molecular complexity index is 1050. The van der Waals surface area contributed by atoms with Crippen molar-refractivity contribution in [3.63, 3.8) is 0 Å². The minimum atomic E-state index is 0.0953. The summed E-state index contributed by atoms with van der Waals surface area (Å²) in [5.41, 5.74) is 3.75. The molecule has 1 aliphatic rings. The zero-order valence-corrected chi connectivity index (χ0v) is 15.0. The SMILES string of the molecule is NN=c1cc(-c2ccccc2)n(C=C2N=NC(=S)O2)c(-c2ccccc2)c1. The van der Waals surface area contributed by atoms with E-state index in [9.17, 15) is 0 Å². The van der Waals surface area contributed by atoms with Gasteiger partial charge in [0.25, 0.3) is 5.88 Å². The van der Waals surface area contributed by atoms with Crippen LogP contribution in [0.3, 0.4) is 0 Å². The molecule has 2 heterocycles. The Labute approximate surface area is 160 Å². The van der Waals surface area contributed by atoms with Crippen molar-refractivity contribution in [1.82, 2.24) is 4.57 Å². The van der Waals surface area contributed by atoms with Crippen LogP contribution in [0.1, 0.15) is 0 Å². The molecule has 0 spiro atoms. The Hall–Kier alpha value is -3.58. The Balaban J connectivity index is 2.03. The topological polar surface area (TPSA) is 77.3 Å². The fourth-order valence-electron chi connectivity index (χ4n) is 2.85. The summed E-state index contributed by atoms with van der Waals surface area (Å²) in [4.78, 5) is 0. The smallest absolute Gasteiger partial charge is 0.309 e. The minimum absolute atomic E-state index is 0.0953. The second-order valence-corrected chi connectivity index (χ2v) is 6.10. The largest absolute Gasteiger partial charge is 0.407 e. The van der Waals surface area contributed by atoms with Crippen LogP contribution in [0.25, 0.3) is 28.7 Å². The molecule has 0 amide bonds. The van der Waals surface area contributed by atoms with Crippen LogP contribution in [0.2, 0.25) is 0 Å². The van der Waals surface area contributed by atoms with Crippen LogP contribution in [-0.4, -0.2) is 9.74 Å². The van der Waals surface area contributed by atoms with Gasteiger partial charge < -0.3 is 15.1 Å². The monoisotopic (exact) mass is 373 g/mol. The molecular formula is C20H15N5OS. The van der Waals surface area contributed by atoms with Gasteiger partial charge in [-0.3, -0.25) is 0 Å². The number of hydrogen-bond acceptors (Lipinski definition) is 5. The molecule has 0 atom stereocenters. The first-order valence-electron chi connectivity index (χ1n) is 8.21. The summed E-state index contributed by atoms with van der Waals surface area (Å²) in [6.45, 7) is 0. The third-order valence-electron chi connectivity index (χ3n) is 4.04. The molecule has 0 saturated heterocycles. The van der Waals surface area contributed by atoms with E-state index in [1.165, 1.54) is 0 Å². The molecule has 3 aromatic rings. The van der Waals surface area contributed by atoms with E-state index in [2.05, 4.69) is 15.3 Å². The van der Waals surface area contributed by atoms with Crippen molar-refractivity contribution in [2.75, 3.05) is 0 Å². The van der Waals surface area contributed by atoms with Crippen molar-refractivity contribution in [2.24, 2.45) is 21.2 Å². The Morgan fingerprint density at radius 1 is 0.889 bits per heavy atom. The highest BCUT2D eigenvalue weighted by Gasteiger charge is 2.14. The molecule has 0 aliphatic carbocycles. The molecule has 0 radical (unpaired) electrons. The predicted octanol–water partition coefficient (Wildman–Crippen LogP) is 4.12. The highest BCUT2D eigenvalue weighted by molar-refractivity contribution is 7.80. The van der Waals surface area contributed by atoms with Crippen LogP contribution in [0.5, 0.6) is 0 Å². The Morgan fingerprint density at radius 3 is 1.89 bits per heavy atom. The molecule has 6 nitrogen and oxygen atoms in total. The number of aromatic nitrogens is 1. The van der Waals surface area contributed by atoms with E-state index < -0.39 is 0 Å². The predicted molar refractivity (Wildman–Crippen MR) is 108 cm³/mol. The van der Waals surface area contributed by atoms with Gasteiger partial charge in [-0.05, 0) is 35.5 Å². The molecule has 0 bridgehead atoms. The first-order valence-corrected chi connectivity index (χ1v) is 8.62. The summed E-state index contributed by atoms with van der Waals surface area (Å²) in [6, 6.07) is 23.7. The van der Waals surface area contributed by atoms with E-state index in [0.29, 0.717) is 11.2 Å². The van der Waals surface area contributed by atoms with E-state index in [1.807, 2.05) is 77.4 Å². The zero-order valence-electron chi connectivity index (χ0n) is 14.2. The van der Waals surface area contributed by atoms with Gasteiger partial charge in [-0.1, -0.05) is 65.8 Å². The molecule has 132 valence electrons. The van der Waals surface area contributed by atoms with Gasteiger partial charge in [-0.15, -0.1) is 5.11 Å². The molecular weight excluding hydrogens is 358 g/mol. The number of hydrogen-bond donors (Lipinski definition) is 1. The first kappa shape index (κ1) is 16.9. The lowest BCUT2D eigenvalue weighted by Crippen LogP contribution is -2.12. The summed E-state index contributed by atoms with van der Waals surface area (Å²) in [7, 11) is 0. The Morgan fingerprint density at radius 2 is 1.44 bits per heavy atom. The summed E-state index contributed by atoms with van der Waals surface area (Å²) in [5, 5.41) is 12.4. The third-order valence-corrected chi connectivity index (χ3v) is 4.20. The van der Waals surface area contributed by atoms with Gasteiger partial charge in [0.2, 0.25) is 0 Å². The highest BCUT2D eigenvalue weighted by atomic mass is 32.1. The van der Waals surface area contributed by atoms with Crippen molar-refractivity contribution in [1.29, 1.82) is 0 Å². The number of ether oxygens (including phenoxy) is 1. The fourth-order valence-corrected chi connectivity index (χ4v) is 2.98. The van der Waals surface area contributed by atoms with Crippen molar-refractivity contribution in [2.45, 2.75) is 0 Å². The molecule has 1 aliphatic heterocycles. The lowest BCUT2D eigenvalue weighted by atomic mass is 10.1. The Kier molecular flexibility index (Phi) is 4.59. The zero-order chi connectivity index (χ0) is 18.6. The molecule has 4 rings (SSSR count). The molecule has 0 fully saturated rings. The highest BCUT2D eigenvalue weighted by Crippen LogP contribution is 2.27. The molecule has 1 aromatic heterocycles. The summed E-state index contributed by atoms with van der Waals surface area (Å²) in [6.07, 6.45) is 1.76. The second kappa shape index (κ2) is 7.35. The maximum Gasteiger partial charge on any atom is 0.309 e.